The van der Waals surface area contributed by atoms with Crippen molar-refractivity contribution < 1.29 is 0 Å². The lowest BCUT2D eigenvalue weighted by molar-refractivity contribution is 0.258. The van der Waals surface area contributed by atoms with Gasteiger partial charge in [-0.15, -0.1) is 0 Å². The van der Waals surface area contributed by atoms with Crippen LogP contribution in [-0.4, -0.2) is 0 Å². The first-order valence-corrected chi connectivity index (χ1v) is 7.37. The van der Waals surface area contributed by atoms with Gasteiger partial charge >= 0.3 is 0 Å². The molecule has 0 saturated heterocycles. The second-order valence-corrected chi connectivity index (χ2v) is 6.77. The van der Waals surface area contributed by atoms with Crippen molar-refractivity contribution >= 4 is 0 Å². The van der Waals surface area contributed by atoms with Crippen LogP contribution in [0.25, 0.3) is 0 Å². The van der Waals surface area contributed by atoms with Gasteiger partial charge in [-0.1, -0.05) is 44.1 Å². The molecule has 2 rings (SSSR count). The first-order valence-electron chi connectivity index (χ1n) is 7.37. The predicted molar refractivity (Wildman–Crippen MR) is 76.0 cm³/mol. The fourth-order valence-corrected chi connectivity index (χ4v) is 3.82. The molecule has 0 amide bonds. The maximum atomic E-state index is 2.46. The second kappa shape index (κ2) is 5.00. The van der Waals surface area contributed by atoms with Crippen molar-refractivity contribution in [2.75, 3.05) is 0 Å². The van der Waals surface area contributed by atoms with E-state index in [0.717, 1.165) is 11.8 Å². The van der Waals surface area contributed by atoms with E-state index in [0.29, 0.717) is 5.41 Å². The Morgan fingerprint density at radius 2 is 2.06 bits per heavy atom. The van der Waals surface area contributed by atoms with Gasteiger partial charge in [0.05, 0.1) is 0 Å². The van der Waals surface area contributed by atoms with E-state index >= 15 is 0 Å². The van der Waals surface area contributed by atoms with Gasteiger partial charge in [-0.3, -0.25) is 0 Å². The second-order valence-electron chi connectivity index (χ2n) is 6.77. The molecule has 0 heterocycles. The third kappa shape index (κ3) is 2.67. The van der Waals surface area contributed by atoms with Crippen LogP contribution in [0.4, 0.5) is 0 Å². The average Bonchev–Trinajstić information content (AvgIpc) is 2.26. The highest BCUT2D eigenvalue weighted by Gasteiger charge is 2.35. The quantitative estimate of drug-likeness (QED) is 0.551. The van der Waals surface area contributed by atoms with Crippen LogP contribution in [0, 0.1) is 17.3 Å². The fourth-order valence-electron chi connectivity index (χ4n) is 3.82. The molecule has 0 aromatic rings. The smallest absolute Gasteiger partial charge is 0.0142 e. The largest absolute Gasteiger partial charge is 0.0917 e. The minimum absolute atomic E-state index is 0.488. The summed E-state index contributed by atoms with van der Waals surface area (Å²) in [5.74, 6) is 1.78. The normalized spacial score (nSPS) is 32.9. The van der Waals surface area contributed by atoms with E-state index in [1.165, 1.54) is 38.5 Å². The molecule has 0 aromatic carbocycles. The molecule has 2 unspecified atom stereocenters. The molecule has 0 heteroatoms. The molecule has 0 aromatic heterocycles. The zero-order chi connectivity index (χ0) is 12.5. The summed E-state index contributed by atoms with van der Waals surface area (Å²) >= 11 is 0. The van der Waals surface area contributed by atoms with Gasteiger partial charge in [0.15, 0.2) is 0 Å². The minimum atomic E-state index is 0.488. The fraction of sp³-hybridized carbons (Fsp3) is 0.765. The maximum absolute atomic E-state index is 2.46. The van der Waals surface area contributed by atoms with Crippen LogP contribution < -0.4 is 0 Å². The topological polar surface area (TPSA) is 0 Å². The summed E-state index contributed by atoms with van der Waals surface area (Å²) in [4.78, 5) is 0. The van der Waals surface area contributed by atoms with Crippen molar-refractivity contribution in [3.63, 3.8) is 0 Å². The summed E-state index contributed by atoms with van der Waals surface area (Å²) in [6, 6.07) is 0. The van der Waals surface area contributed by atoms with Crippen LogP contribution in [0.15, 0.2) is 23.3 Å². The van der Waals surface area contributed by atoms with Crippen molar-refractivity contribution in [2.24, 2.45) is 17.3 Å². The van der Waals surface area contributed by atoms with Gasteiger partial charge in [0.2, 0.25) is 0 Å². The Morgan fingerprint density at radius 3 is 2.76 bits per heavy atom. The lowest BCUT2D eigenvalue weighted by Crippen LogP contribution is -2.29. The van der Waals surface area contributed by atoms with Gasteiger partial charge in [0.25, 0.3) is 0 Å². The van der Waals surface area contributed by atoms with Gasteiger partial charge < -0.3 is 0 Å². The molecular formula is C17H28. The van der Waals surface area contributed by atoms with E-state index in [4.69, 9.17) is 0 Å². The summed E-state index contributed by atoms with van der Waals surface area (Å²) < 4.78 is 0. The SMILES string of the molecule is CC=CCC1CC2=C(CCCC2(C)C)CC1C. The molecule has 17 heavy (non-hydrogen) atoms. The van der Waals surface area contributed by atoms with Gasteiger partial charge in [0, 0.05) is 0 Å². The van der Waals surface area contributed by atoms with Gasteiger partial charge in [-0.2, -0.15) is 0 Å². The molecule has 0 N–H and O–H groups in total. The Morgan fingerprint density at radius 1 is 1.29 bits per heavy atom. The Balaban J connectivity index is 2.18. The Bertz CT molecular complexity index is 330. The monoisotopic (exact) mass is 232 g/mol. The first-order chi connectivity index (χ1) is 8.04. The van der Waals surface area contributed by atoms with Crippen molar-refractivity contribution in [1.29, 1.82) is 0 Å². The number of allylic oxidation sites excluding steroid dienone is 4. The summed E-state index contributed by atoms with van der Waals surface area (Å²) in [7, 11) is 0. The number of rotatable bonds is 2. The van der Waals surface area contributed by atoms with E-state index in [1.807, 2.05) is 11.1 Å². The minimum Gasteiger partial charge on any atom is -0.0917 e. The van der Waals surface area contributed by atoms with Gasteiger partial charge in [0.1, 0.15) is 0 Å². The van der Waals surface area contributed by atoms with Crippen LogP contribution in [0.2, 0.25) is 0 Å². The standard InChI is InChI=1S/C17H28/c1-5-6-8-14-12-16-15(11-13(14)2)9-7-10-17(16,3)4/h5-6,13-14H,7-12H2,1-4H3. The third-order valence-electron chi connectivity index (χ3n) is 5.04. The summed E-state index contributed by atoms with van der Waals surface area (Å²) in [6.07, 6.45) is 12.8. The van der Waals surface area contributed by atoms with E-state index in [-0.39, 0.29) is 0 Å². The summed E-state index contributed by atoms with van der Waals surface area (Å²) in [5.41, 5.74) is 4.14. The van der Waals surface area contributed by atoms with Crippen LogP contribution >= 0.6 is 0 Å². The van der Waals surface area contributed by atoms with E-state index in [1.54, 1.807) is 0 Å². The van der Waals surface area contributed by atoms with Crippen LogP contribution in [-0.2, 0) is 0 Å². The molecule has 2 atom stereocenters. The molecule has 0 nitrogen and oxygen atoms in total. The lowest BCUT2D eigenvalue weighted by atomic mass is 9.63. The predicted octanol–water partition coefficient (Wildman–Crippen LogP) is 5.51. The maximum Gasteiger partial charge on any atom is -0.0142 e. The molecule has 0 saturated carbocycles. The average molecular weight is 232 g/mol. The van der Waals surface area contributed by atoms with Crippen molar-refractivity contribution in [3.05, 3.63) is 23.3 Å². The summed E-state index contributed by atoms with van der Waals surface area (Å²) in [5, 5.41) is 0. The van der Waals surface area contributed by atoms with Crippen molar-refractivity contribution in [1.82, 2.24) is 0 Å². The zero-order valence-corrected chi connectivity index (χ0v) is 12.1. The van der Waals surface area contributed by atoms with E-state index < -0.39 is 0 Å². The number of hydrogen-bond donors (Lipinski definition) is 0. The molecule has 0 spiro atoms. The molecule has 2 aliphatic carbocycles. The Hall–Kier alpha value is -0.520. The molecule has 2 aliphatic rings. The first kappa shape index (κ1) is 12.9. The molecular weight excluding hydrogens is 204 g/mol. The molecule has 0 bridgehead atoms. The van der Waals surface area contributed by atoms with Crippen molar-refractivity contribution in [2.45, 2.75) is 66.2 Å². The van der Waals surface area contributed by atoms with E-state index in [9.17, 15) is 0 Å². The third-order valence-corrected chi connectivity index (χ3v) is 5.04. The highest BCUT2D eigenvalue weighted by Crippen LogP contribution is 2.49. The highest BCUT2D eigenvalue weighted by atomic mass is 14.4. The lowest BCUT2D eigenvalue weighted by Gasteiger charge is -2.43. The van der Waals surface area contributed by atoms with Gasteiger partial charge in [-0.25, -0.2) is 0 Å². The van der Waals surface area contributed by atoms with E-state index in [2.05, 4.69) is 39.8 Å². The Kier molecular flexibility index (Phi) is 3.80. The van der Waals surface area contributed by atoms with Gasteiger partial charge in [-0.05, 0) is 62.7 Å². The molecule has 0 fully saturated rings. The Labute approximate surface area is 107 Å². The van der Waals surface area contributed by atoms with Crippen LogP contribution in [0.5, 0.6) is 0 Å². The molecule has 96 valence electrons. The van der Waals surface area contributed by atoms with Crippen molar-refractivity contribution in [3.8, 4) is 0 Å². The molecule has 0 radical (unpaired) electrons. The summed E-state index contributed by atoms with van der Waals surface area (Å²) in [6.45, 7) is 9.52. The van der Waals surface area contributed by atoms with Crippen LogP contribution in [0.3, 0.4) is 0 Å². The highest BCUT2D eigenvalue weighted by molar-refractivity contribution is 5.27. The van der Waals surface area contributed by atoms with Crippen LogP contribution in [0.1, 0.15) is 66.2 Å². The number of hydrogen-bond acceptors (Lipinski definition) is 0. The zero-order valence-electron chi connectivity index (χ0n) is 12.1. The molecule has 0 aliphatic heterocycles.